The highest BCUT2D eigenvalue weighted by Gasteiger charge is 2.36. The lowest BCUT2D eigenvalue weighted by Gasteiger charge is -2.18. The van der Waals surface area contributed by atoms with Gasteiger partial charge in [0.25, 0.3) is 11.1 Å². The van der Waals surface area contributed by atoms with Crippen molar-refractivity contribution in [2.75, 3.05) is 10.0 Å². The van der Waals surface area contributed by atoms with Crippen molar-refractivity contribution in [1.82, 2.24) is 14.3 Å². The molecule has 0 aliphatic heterocycles. The van der Waals surface area contributed by atoms with Crippen LogP contribution >= 0.6 is 22.6 Å². The van der Waals surface area contributed by atoms with Gasteiger partial charge in [-0.25, -0.2) is 17.5 Å². The fourth-order valence-corrected chi connectivity index (χ4v) is 6.34. The lowest BCUT2D eigenvalue weighted by Crippen LogP contribution is -2.30. The molecule has 2 aliphatic carbocycles. The molecule has 2 aromatic carbocycles. The van der Waals surface area contributed by atoms with Crippen LogP contribution in [0.4, 0.5) is 25.8 Å². The molecule has 2 aromatic heterocycles. The largest absolute Gasteiger partial charge is 0.350 e. The third-order valence-electron chi connectivity index (χ3n) is 6.83. The van der Waals surface area contributed by atoms with Crippen LogP contribution in [-0.2, 0) is 17.1 Å². The Kier molecular flexibility index (Phi) is 6.25. The fourth-order valence-electron chi connectivity index (χ4n) is 4.51. The predicted octanol–water partition coefficient (Wildman–Crippen LogP) is 4.63. The standard InChI is InChI=1S/C26H22F2IN5O4S/c1-33-24-20(23(21(28)26(33)36)30-19-10-5-14(29)12-18(19)27)25(35)34(16-6-7-16)31-22(24)13-3-2-4-15(11-13)32-39(37,38)17-8-9-17/h2-5,10-12,16-17,30,32H,6-9H2,1H3. The Morgan fingerprint density at radius 1 is 1.03 bits per heavy atom. The molecule has 0 spiro atoms. The molecule has 0 unspecified atom stereocenters. The first-order chi connectivity index (χ1) is 18.5. The molecule has 2 heterocycles. The minimum atomic E-state index is -3.55. The van der Waals surface area contributed by atoms with Crippen LogP contribution in [0, 0.1) is 15.2 Å². The van der Waals surface area contributed by atoms with E-state index in [1.807, 2.05) is 22.6 Å². The molecule has 0 saturated heterocycles. The second kappa shape index (κ2) is 9.40. The van der Waals surface area contributed by atoms with Gasteiger partial charge in [-0.3, -0.25) is 14.3 Å². The van der Waals surface area contributed by atoms with Gasteiger partial charge in [0.2, 0.25) is 15.8 Å². The number of halogens is 3. The van der Waals surface area contributed by atoms with Crippen molar-refractivity contribution in [2.24, 2.45) is 7.05 Å². The number of nitrogens with zero attached hydrogens (tertiary/aromatic N) is 3. The number of aromatic nitrogens is 3. The van der Waals surface area contributed by atoms with Crippen molar-refractivity contribution < 1.29 is 17.2 Å². The Hall–Kier alpha value is -3.33. The average molecular weight is 665 g/mol. The summed E-state index contributed by atoms with van der Waals surface area (Å²) in [5.74, 6) is -1.91. The van der Waals surface area contributed by atoms with Crippen LogP contribution in [0.1, 0.15) is 31.7 Å². The monoisotopic (exact) mass is 665 g/mol. The summed E-state index contributed by atoms with van der Waals surface area (Å²) < 4.78 is 60.8. The molecule has 39 heavy (non-hydrogen) atoms. The summed E-state index contributed by atoms with van der Waals surface area (Å²) in [6, 6.07) is 10.5. The summed E-state index contributed by atoms with van der Waals surface area (Å²) in [6.45, 7) is 0. The molecule has 0 bridgehead atoms. The van der Waals surface area contributed by atoms with E-state index in [0.29, 0.717) is 40.5 Å². The third kappa shape index (κ3) is 4.71. The number of hydrogen-bond acceptors (Lipinski definition) is 6. The number of hydrogen-bond donors (Lipinski definition) is 2. The minimum absolute atomic E-state index is 0.0407. The summed E-state index contributed by atoms with van der Waals surface area (Å²) in [5.41, 5.74) is -1.26. The summed E-state index contributed by atoms with van der Waals surface area (Å²) in [5, 5.41) is 6.62. The van der Waals surface area contributed by atoms with E-state index in [1.165, 1.54) is 23.9 Å². The molecular weight excluding hydrogens is 643 g/mol. The highest BCUT2D eigenvalue weighted by molar-refractivity contribution is 14.1. The third-order valence-corrected chi connectivity index (χ3v) is 9.37. The molecule has 2 fully saturated rings. The molecule has 0 radical (unpaired) electrons. The molecule has 2 aliphatic rings. The van der Waals surface area contributed by atoms with E-state index in [4.69, 9.17) is 0 Å². The lowest BCUT2D eigenvalue weighted by molar-refractivity contribution is 0.590. The van der Waals surface area contributed by atoms with Crippen molar-refractivity contribution >= 4 is 60.6 Å². The van der Waals surface area contributed by atoms with Gasteiger partial charge in [-0.1, -0.05) is 12.1 Å². The van der Waals surface area contributed by atoms with Crippen molar-refractivity contribution in [3.8, 4) is 11.3 Å². The quantitative estimate of drug-likeness (QED) is 0.279. The van der Waals surface area contributed by atoms with Crippen molar-refractivity contribution in [2.45, 2.75) is 37.0 Å². The van der Waals surface area contributed by atoms with Gasteiger partial charge < -0.3 is 9.88 Å². The van der Waals surface area contributed by atoms with Gasteiger partial charge in [0.05, 0.1) is 33.6 Å². The Bertz CT molecular complexity index is 1900. The van der Waals surface area contributed by atoms with E-state index in [0.717, 1.165) is 4.57 Å². The van der Waals surface area contributed by atoms with Gasteiger partial charge >= 0.3 is 0 Å². The van der Waals surface area contributed by atoms with E-state index >= 15 is 4.39 Å². The molecule has 13 heteroatoms. The molecule has 6 rings (SSSR count). The van der Waals surface area contributed by atoms with Gasteiger partial charge in [0.1, 0.15) is 11.5 Å². The first kappa shape index (κ1) is 25.9. The van der Waals surface area contributed by atoms with Crippen LogP contribution in [0.5, 0.6) is 0 Å². The molecule has 2 saturated carbocycles. The Labute approximate surface area is 235 Å². The zero-order valence-electron chi connectivity index (χ0n) is 20.5. The normalized spacial score (nSPS) is 15.5. The Morgan fingerprint density at radius 3 is 2.44 bits per heavy atom. The molecule has 0 atom stereocenters. The highest BCUT2D eigenvalue weighted by atomic mass is 127. The number of rotatable bonds is 7. The number of fused-ring (bicyclic) bond motifs is 1. The summed E-state index contributed by atoms with van der Waals surface area (Å²) in [4.78, 5) is 26.7. The van der Waals surface area contributed by atoms with Gasteiger partial charge in [-0.05, 0) is 78.6 Å². The number of benzene rings is 2. The number of anilines is 3. The fraction of sp³-hybridized carbons (Fsp3) is 0.269. The smallest absolute Gasteiger partial charge is 0.289 e. The molecule has 2 N–H and O–H groups in total. The Morgan fingerprint density at radius 2 is 1.77 bits per heavy atom. The molecule has 9 nitrogen and oxygen atoms in total. The van der Waals surface area contributed by atoms with Gasteiger partial charge in [-0.2, -0.15) is 9.49 Å². The summed E-state index contributed by atoms with van der Waals surface area (Å²) >= 11 is 1.94. The molecule has 202 valence electrons. The SMILES string of the molecule is Cn1c(=O)c(F)c(Nc2ccc(I)cc2F)c2c(=O)n(C3CC3)nc(-c3cccc(NS(=O)(=O)C4CC4)c3)c21. The highest BCUT2D eigenvalue weighted by Crippen LogP contribution is 2.37. The summed E-state index contributed by atoms with van der Waals surface area (Å²) in [6.07, 6.45) is 2.58. The van der Waals surface area contributed by atoms with E-state index in [2.05, 4.69) is 15.1 Å². The lowest BCUT2D eigenvalue weighted by atomic mass is 10.1. The van der Waals surface area contributed by atoms with Crippen LogP contribution in [-0.4, -0.2) is 28.0 Å². The van der Waals surface area contributed by atoms with Crippen molar-refractivity contribution in [1.29, 1.82) is 0 Å². The van der Waals surface area contributed by atoms with E-state index in [-0.39, 0.29) is 28.3 Å². The summed E-state index contributed by atoms with van der Waals surface area (Å²) in [7, 11) is -2.22. The minimum Gasteiger partial charge on any atom is -0.350 e. The second-order valence-electron chi connectivity index (χ2n) is 9.78. The average Bonchev–Trinajstić information content (AvgIpc) is 3.79. The molecular formula is C26H22F2IN5O4S. The van der Waals surface area contributed by atoms with Gasteiger partial charge in [0, 0.05) is 21.9 Å². The number of sulfonamides is 1. The van der Waals surface area contributed by atoms with E-state index in [1.54, 1.807) is 30.3 Å². The second-order valence-corrected chi connectivity index (χ2v) is 13.0. The zero-order valence-corrected chi connectivity index (χ0v) is 23.5. The first-order valence-corrected chi connectivity index (χ1v) is 14.9. The van der Waals surface area contributed by atoms with E-state index < -0.39 is 43.7 Å². The molecule has 4 aromatic rings. The predicted molar refractivity (Wildman–Crippen MR) is 153 cm³/mol. The maximum Gasteiger partial charge on any atom is 0.289 e. The zero-order chi connectivity index (χ0) is 27.6. The van der Waals surface area contributed by atoms with Gasteiger partial charge in [0.15, 0.2) is 0 Å². The maximum atomic E-state index is 15.5. The van der Waals surface area contributed by atoms with Crippen LogP contribution in [0.3, 0.4) is 0 Å². The first-order valence-electron chi connectivity index (χ1n) is 12.2. The topological polar surface area (TPSA) is 115 Å². The number of aryl methyl sites for hydroxylation is 1. The van der Waals surface area contributed by atoms with Crippen LogP contribution in [0.15, 0.2) is 52.1 Å². The van der Waals surface area contributed by atoms with Crippen molar-refractivity contribution in [3.63, 3.8) is 0 Å². The van der Waals surface area contributed by atoms with Crippen LogP contribution < -0.4 is 21.2 Å². The van der Waals surface area contributed by atoms with Crippen LogP contribution in [0.25, 0.3) is 22.2 Å². The van der Waals surface area contributed by atoms with Gasteiger partial charge in [-0.15, -0.1) is 0 Å². The number of nitrogens with one attached hydrogen (secondary N) is 2. The van der Waals surface area contributed by atoms with Crippen LogP contribution in [0.2, 0.25) is 0 Å². The van der Waals surface area contributed by atoms with E-state index in [9.17, 15) is 22.4 Å². The van der Waals surface area contributed by atoms with Crippen molar-refractivity contribution in [3.05, 3.63) is 78.4 Å². The maximum absolute atomic E-state index is 15.5. The molecule has 0 amide bonds. The number of pyridine rings is 1. The Balaban J connectivity index is 1.61.